The molecule has 0 atom stereocenters. The van der Waals surface area contributed by atoms with Crippen molar-refractivity contribution in [3.63, 3.8) is 0 Å². The highest BCUT2D eigenvalue weighted by Gasteiger charge is 2.13. The summed E-state index contributed by atoms with van der Waals surface area (Å²) < 4.78 is 9.88. The number of nitrogens with one attached hydrogen (secondary N) is 1. The Morgan fingerprint density at radius 3 is 2.23 bits per heavy atom. The number of hydrogen-bond donors (Lipinski definition) is 1. The molecule has 2 rings (SSSR count). The predicted octanol–water partition coefficient (Wildman–Crippen LogP) is 2.69. The Balaban J connectivity index is 2.06. The van der Waals surface area contributed by atoms with Crippen molar-refractivity contribution < 1.29 is 23.9 Å². The van der Waals surface area contributed by atoms with Gasteiger partial charge in [0.15, 0.2) is 0 Å². The molecule has 6 heteroatoms. The first-order chi connectivity index (χ1) is 12.5. The van der Waals surface area contributed by atoms with Crippen LogP contribution in [0.4, 0.5) is 0 Å². The lowest BCUT2D eigenvalue weighted by Crippen LogP contribution is -2.26. The molecule has 0 fully saturated rings. The van der Waals surface area contributed by atoms with Gasteiger partial charge in [0, 0.05) is 6.92 Å². The smallest absolute Gasteiger partial charge is 0.355 e. The SMILES string of the molecule is COC(=O)c1ccc(COC(=O)/C(=C/c2ccccc2)NC(C)=O)cc1. The highest BCUT2D eigenvalue weighted by Crippen LogP contribution is 2.10. The van der Waals surface area contributed by atoms with E-state index in [2.05, 4.69) is 10.1 Å². The molecule has 2 aromatic rings. The van der Waals surface area contributed by atoms with Crippen LogP contribution in [-0.4, -0.2) is 25.0 Å². The Hall–Kier alpha value is -3.41. The first-order valence-corrected chi connectivity index (χ1v) is 7.88. The van der Waals surface area contributed by atoms with Crippen LogP contribution in [0.15, 0.2) is 60.3 Å². The Morgan fingerprint density at radius 2 is 1.65 bits per heavy atom. The lowest BCUT2D eigenvalue weighted by molar-refractivity contribution is -0.141. The van der Waals surface area contributed by atoms with Gasteiger partial charge >= 0.3 is 11.9 Å². The molecule has 1 N–H and O–H groups in total. The maximum Gasteiger partial charge on any atom is 0.355 e. The predicted molar refractivity (Wildman–Crippen MR) is 95.8 cm³/mol. The van der Waals surface area contributed by atoms with Gasteiger partial charge in [0.1, 0.15) is 12.3 Å². The first kappa shape index (κ1) is 18.9. The summed E-state index contributed by atoms with van der Waals surface area (Å²) in [5.74, 6) is -1.46. The molecule has 0 saturated heterocycles. The molecule has 0 spiro atoms. The average molecular weight is 353 g/mol. The van der Waals surface area contributed by atoms with Crippen molar-refractivity contribution in [3.8, 4) is 0 Å². The average Bonchev–Trinajstić information content (AvgIpc) is 2.66. The lowest BCUT2D eigenvalue weighted by Gasteiger charge is -2.09. The fourth-order valence-electron chi connectivity index (χ4n) is 2.13. The van der Waals surface area contributed by atoms with Crippen molar-refractivity contribution in [1.82, 2.24) is 5.32 Å². The summed E-state index contributed by atoms with van der Waals surface area (Å²) >= 11 is 0. The van der Waals surface area contributed by atoms with Gasteiger partial charge in [0.05, 0.1) is 12.7 Å². The van der Waals surface area contributed by atoms with Crippen LogP contribution in [0.5, 0.6) is 0 Å². The lowest BCUT2D eigenvalue weighted by atomic mass is 10.1. The molecule has 134 valence electrons. The summed E-state index contributed by atoms with van der Waals surface area (Å²) in [4.78, 5) is 35.0. The van der Waals surface area contributed by atoms with E-state index in [0.717, 1.165) is 5.56 Å². The van der Waals surface area contributed by atoms with Crippen LogP contribution < -0.4 is 5.32 Å². The molecule has 0 bridgehead atoms. The number of amides is 1. The summed E-state index contributed by atoms with van der Waals surface area (Å²) in [6.07, 6.45) is 1.55. The zero-order valence-corrected chi connectivity index (χ0v) is 14.5. The van der Waals surface area contributed by atoms with E-state index < -0.39 is 11.9 Å². The number of benzene rings is 2. The summed E-state index contributed by atoms with van der Waals surface area (Å²) in [7, 11) is 1.31. The molecule has 2 aromatic carbocycles. The van der Waals surface area contributed by atoms with Gasteiger partial charge in [-0.15, -0.1) is 0 Å². The first-order valence-electron chi connectivity index (χ1n) is 7.88. The molecular weight excluding hydrogens is 334 g/mol. The standard InChI is InChI=1S/C20H19NO5/c1-14(22)21-18(12-15-6-4-3-5-7-15)20(24)26-13-16-8-10-17(11-9-16)19(23)25-2/h3-12H,13H2,1-2H3,(H,21,22)/b18-12-. The Labute approximate surface area is 151 Å². The van der Waals surface area contributed by atoms with Crippen LogP contribution in [0.25, 0.3) is 6.08 Å². The van der Waals surface area contributed by atoms with Crippen LogP contribution in [0.2, 0.25) is 0 Å². The van der Waals surface area contributed by atoms with Crippen LogP contribution in [-0.2, 0) is 25.7 Å². The maximum absolute atomic E-state index is 12.3. The summed E-state index contributed by atoms with van der Waals surface area (Å²) in [6, 6.07) is 15.6. The number of rotatable bonds is 6. The normalized spacial score (nSPS) is 10.8. The van der Waals surface area contributed by atoms with Crippen molar-refractivity contribution in [2.75, 3.05) is 7.11 Å². The van der Waals surface area contributed by atoms with Gasteiger partial charge in [-0.3, -0.25) is 4.79 Å². The molecule has 0 aliphatic heterocycles. The monoisotopic (exact) mass is 353 g/mol. The Bertz CT molecular complexity index is 810. The molecule has 0 aliphatic carbocycles. The second-order valence-electron chi connectivity index (χ2n) is 5.41. The number of carbonyl (C=O) groups excluding carboxylic acids is 3. The highest BCUT2D eigenvalue weighted by molar-refractivity contribution is 5.97. The number of carbonyl (C=O) groups is 3. The Kier molecular flexibility index (Phi) is 6.68. The third kappa shape index (κ3) is 5.59. The van der Waals surface area contributed by atoms with Gasteiger partial charge in [-0.05, 0) is 29.3 Å². The second kappa shape index (κ2) is 9.17. The molecule has 0 radical (unpaired) electrons. The number of esters is 2. The van der Waals surface area contributed by atoms with E-state index >= 15 is 0 Å². The van der Waals surface area contributed by atoms with Gasteiger partial charge in [0.25, 0.3) is 0 Å². The third-order valence-electron chi connectivity index (χ3n) is 3.39. The summed E-state index contributed by atoms with van der Waals surface area (Å²) in [6.45, 7) is 1.32. The largest absolute Gasteiger partial charge is 0.465 e. The molecule has 0 aliphatic rings. The summed E-state index contributed by atoms with van der Waals surface area (Å²) in [5, 5.41) is 2.48. The van der Waals surface area contributed by atoms with Crippen molar-refractivity contribution in [2.45, 2.75) is 13.5 Å². The van der Waals surface area contributed by atoms with Crippen LogP contribution in [0, 0.1) is 0 Å². The summed E-state index contributed by atoms with van der Waals surface area (Å²) in [5.41, 5.74) is 1.92. The van der Waals surface area contributed by atoms with Crippen LogP contribution >= 0.6 is 0 Å². The van der Waals surface area contributed by atoms with Crippen LogP contribution in [0.1, 0.15) is 28.4 Å². The minimum absolute atomic E-state index is 0.00595. The minimum Gasteiger partial charge on any atom is -0.465 e. The molecule has 26 heavy (non-hydrogen) atoms. The fraction of sp³-hybridized carbons (Fsp3) is 0.150. The van der Waals surface area contributed by atoms with E-state index in [1.165, 1.54) is 14.0 Å². The van der Waals surface area contributed by atoms with Crippen molar-refractivity contribution in [2.24, 2.45) is 0 Å². The van der Waals surface area contributed by atoms with Crippen molar-refractivity contribution in [1.29, 1.82) is 0 Å². The van der Waals surface area contributed by atoms with Gasteiger partial charge in [-0.25, -0.2) is 9.59 Å². The number of methoxy groups -OCH3 is 1. The molecule has 0 saturated carbocycles. The molecule has 0 heterocycles. The zero-order chi connectivity index (χ0) is 18.9. The molecular formula is C20H19NO5. The Morgan fingerprint density at radius 1 is 1.00 bits per heavy atom. The van der Waals surface area contributed by atoms with Crippen molar-refractivity contribution >= 4 is 23.9 Å². The zero-order valence-electron chi connectivity index (χ0n) is 14.5. The van der Waals surface area contributed by atoms with Crippen molar-refractivity contribution in [3.05, 3.63) is 77.0 Å². The molecule has 0 unspecified atom stereocenters. The van der Waals surface area contributed by atoms with E-state index in [0.29, 0.717) is 11.1 Å². The van der Waals surface area contributed by atoms with E-state index in [9.17, 15) is 14.4 Å². The number of hydrogen-bond acceptors (Lipinski definition) is 5. The maximum atomic E-state index is 12.3. The highest BCUT2D eigenvalue weighted by atomic mass is 16.5. The van der Waals surface area contributed by atoms with E-state index in [1.807, 2.05) is 18.2 Å². The third-order valence-corrected chi connectivity index (χ3v) is 3.39. The van der Waals surface area contributed by atoms with Gasteiger partial charge in [-0.2, -0.15) is 0 Å². The number of ether oxygens (including phenoxy) is 2. The molecule has 0 aromatic heterocycles. The fourth-order valence-corrected chi connectivity index (χ4v) is 2.13. The van der Waals surface area contributed by atoms with E-state index in [4.69, 9.17) is 4.74 Å². The van der Waals surface area contributed by atoms with E-state index in [1.54, 1.807) is 42.5 Å². The van der Waals surface area contributed by atoms with Crippen LogP contribution in [0.3, 0.4) is 0 Å². The second-order valence-corrected chi connectivity index (χ2v) is 5.41. The van der Waals surface area contributed by atoms with Gasteiger partial charge in [-0.1, -0.05) is 42.5 Å². The molecule has 1 amide bonds. The minimum atomic E-state index is -0.652. The van der Waals surface area contributed by atoms with E-state index in [-0.39, 0.29) is 18.2 Å². The topological polar surface area (TPSA) is 81.7 Å². The quantitative estimate of drug-likeness (QED) is 0.638. The van der Waals surface area contributed by atoms with Gasteiger partial charge < -0.3 is 14.8 Å². The molecule has 6 nitrogen and oxygen atoms in total. The van der Waals surface area contributed by atoms with Gasteiger partial charge in [0.2, 0.25) is 5.91 Å².